The van der Waals surface area contributed by atoms with E-state index in [0.717, 1.165) is 23.7 Å². The van der Waals surface area contributed by atoms with Crippen molar-refractivity contribution < 1.29 is 0 Å². The van der Waals surface area contributed by atoms with Gasteiger partial charge in [-0.2, -0.15) is 0 Å². The first-order chi connectivity index (χ1) is 8.28. The molecule has 1 aliphatic carbocycles. The number of rotatable bonds is 1. The minimum Gasteiger partial charge on any atom is -0.316 e. The molecule has 0 spiro atoms. The summed E-state index contributed by atoms with van der Waals surface area (Å²) < 4.78 is 0. The summed E-state index contributed by atoms with van der Waals surface area (Å²) in [5, 5.41) is 4.78. The van der Waals surface area contributed by atoms with Gasteiger partial charge in [-0.25, -0.2) is 0 Å². The van der Waals surface area contributed by atoms with Crippen molar-refractivity contribution in [1.29, 1.82) is 0 Å². The molecule has 1 saturated carbocycles. The standard InChI is InChI=1S/C15H16N2/c1-10-2-3-11-6-12(4-5-14(11)17-10)15-7-13(15)8-16-9-15/h2-6,13,16H,7-9H2,1H3/t13-,15+/m0/s1. The van der Waals surface area contributed by atoms with Gasteiger partial charge < -0.3 is 5.32 Å². The summed E-state index contributed by atoms with van der Waals surface area (Å²) in [6, 6.07) is 11.1. The zero-order valence-electron chi connectivity index (χ0n) is 10.0. The Bertz CT molecular complexity index is 605. The average molecular weight is 224 g/mol. The van der Waals surface area contributed by atoms with E-state index in [0.29, 0.717) is 5.41 Å². The third-order valence-electron chi connectivity index (χ3n) is 4.47. The van der Waals surface area contributed by atoms with E-state index >= 15 is 0 Å². The highest BCUT2D eigenvalue weighted by Crippen LogP contribution is 2.56. The fraction of sp³-hybridized carbons (Fsp3) is 0.400. The zero-order valence-corrected chi connectivity index (χ0v) is 10.0. The summed E-state index contributed by atoms with van der Waals surface area (Å²) >= 11 is 0. The van der Waals surface area contributed by atoms with Crippen LogP contribution in [0.5, 0.6) is 0 Å². The predicted octanol–water partition coefficient (Wildman–Crippen LogP) is 2.40. The van der Waals surface area contributed by atoms with Gasteiger partial charge >= 0.3 is 0 Å². The van der Waals surface area contributed by atoms with E-state index in [9.17, 15) is 0 Å². The zero-order chi connectivity index (χ0) is 11.5. The highest BCUT2D eigenvalue weighted by Gasteiger charge is 2.57. The summed E-state index contributed by atoms with van der Waals surface area (Å²) in [5.41, 5.74) is 4.17. The fourth-order valence-electron chi connectivity index (χ4n) is 3.33. The Hall–Kier alpha value is -1.41. The van der Waals surface area contributed by atoms with Gasteiger partial charge in [0.2, 0.25) is 0 Å². The predicted molar refractivity (Wildman–Crippen MR) is 69.1 cm³/mol. The van der Waals surface area contributed by atoms with Crippen LogP contribution >= 0.6 is 0 Å². The number of hydrogen-bond donors (Lipinski definition) is 1. The van der Waals surface area contributed by atoms with Gasteiger partial charge in [0.15, 0.2) is 0 Å². The molecule has 2 aliphatic rings. The Kier molecular flexibility index (Phi) is 1.74. The largest absolute Gasteiger partial charge is 0.316 e. The number of nitrogens with zero attached hydrogens (tertiary/aromatic N) is 1. The van der Waals surface area contributed by atoms with Gasteiger partial charge in [-0.3, -0.25) is 4.98 Å². The number of pyridine rings is 1. The lowest BCUT2D eigenvalue weighted by Gasteiger charge is -2.13. The van der Waals surface area contributed by atoms with Crippen molar-refractivity contribution in [1.82, 2.24) is 10.3 Å². The van der Waals surface area contributed by atoms with Gasteiger partial charge in [0.25, 0.3) is 0 Å². The maximum Gasteiger partial charge on any atom is 0.0705 e. The Balaban J connectivity index is 1.85. The molecular weight excluding hydrogens is 208 g/mol. The number of aromatic nitrogens is 1. The van der Waals surface area contributed by atoms with Crippen LogP contribution in [0.25, 0.3) is 10.9 Å². The molecule has 17 heavy (non-hydrogen) atoms. The number of aryl methyl sites for hydroxylation is 1. The summed E-state index contributed by atoms with van der Waals surface area (Å²) in [4.78, 5) is 4.56. The first-order valence-electron chi connectivity index (χ1n) is 6.37. The van der Waals surface area contributed by atoms with Gasteiger partial charge in [-0.05, 0) is 49.6 Å². The molecule has 0 amide bonds. The number of fused-ring (bicyclic) bond motifs is 2. The second-order valence-corrected chi connectivity index (χ2v) is 5.55. The lowest BCUT2D eigenvalue weighted by Crippen LogP contribution is -2.19. The smallest absolute Gasteiger partial charge is 0.0705 e. The van der Waals surface area contributed by atoms with Crippen LogP contribution < -0.4 is 5.32 Å². The van der Waals surface area contributed by atoms with Crippen molar-refractivity contribution in [3.63, 3.8) is 0 Å². The van der Waals surface area contributed by atoms with Crippen LogP contribution in [0.4, 0.5) is 0 Å². The maximum absolute atomic E-state index is 4.56. The van der Waals surface area contributed by atoms with Crippen LogP contribution in [0.1, 0.15) is 17.7 Å². The molecule has 1 saturated heterocycles. The van der Waals surface area contributed by atoms with Crippen LogP contribution in [-0.4, -0.2) is 18.1 Å². The molecule has 2 heteroatoms. The molecule has 2 atom stereocenters. The summed E-state index contributed by atoms with van der Waals surface area (Å²) in [7, 11) is 0. The number of piperidine rings is 1. The summed E-state index contributed by atoms with van der Waals surface area (Å²) in [5.74, 6) is 0.873. The minimum atomic E-state index is 0.457. The molecule has 2 aromatic rings. The molecule has 2 nitrogen and oxygen atoms in total. The Morgan fingerprint density at radius 3 is 3.00 bits per heavy atom. The van der Waals surface area contributed by atoms with Gasteiger partial charge in [0.05, 0.1) is 5.52 Å². The molecule has 1 N–H and O–H groups in total. The van der Waals surface area contributed by atoms with Crippen molar-refractivity contribution in [3.8, 4) is 0 Å². The Morgan fingerprint density at radius 2 is 2.24 bits per heavy atom. The Morgan fingerprint density at radius 1 is 1.29 bits per heavy atom. The molecule has 0 bridgehead atoms. The van der Waals surface area contributed by atoms with E-state index in [-0.39, 0.29) is 0 Å². The van der Waals surface area contributed by atoms with E-state index < -0.39 is 0 Å². The van der Waals surface area contributed by atoms with Crippen molar-refractivity contribution in [3.05, 3.63) is 41.6 Å². The lowest BCUT2D eigenvalue weighted by molar-refractivity contribution is 0.676. The fourth-order valence-corrected chi connectivity index (χ4v) is 3.33. The van der Waals surface area contributed by atoms with Crippen LogP contribution in [0, 0.1) is 12.8 Å². The molecule has 86 valence electrons. The highest BCUT2D eigenvalue weighted by molar-refractivity contribution is 5.80. The molecule has 1 aliphatic heterocycles. The van der Waals surface area contributed by atoms with E-state index in [1.54, 1.807) is 0 Å². The Labute approximate surface area is 101 Å². The van der Waals surface area contributed by atoms with Crippen LogP contribution in [0.2, 0.25) is 0 Å². The molecule has 0 radical (unpaired) electrons. The van der Waals surface area contributed by atoms with E-state index in [2.05, 4.69) is 40.6 Å². The van der Waals surface area contributed by atoms with Gasteiger partial charge in [0, 0.05) is 23.0 Å². The number of nitrogens with one attached hydrogen (secondary N) is 1. The SMILES string of the molecule is Cc1ccc2cc([C@@]34CNC[C@@H]3C4)ccc2n1. The topological polar surface area (TPSA) is 24.9 Å². The molecule has 2 heterocycles. The second-order valence-electron chi connectivity index (χ2n) is 5.55. The molecule has 2 fully saturated rings. The van der Waals surface area contributed by atoms with Crippen molar-refractivity contribution in [2.45, 2.75) is 18.8 Å². The third kappa shape index (κ3) is 1.27. The number of hydrogen-bond acceptors (Lipinski definition) is 2. The first-order valence-corrected chi connectivity index (χ1v) is 6.37. The summed E-state index contributed by atoms with van der Waals surface area (Å²) in [6.45, 7) is 4.40. The van der Waals surface area contributed by atoms with E-state index in [1.165, 1.54) is 23.9 Å². The van der Waals surface area contributed by atoms with Crippen LogP contribution in [0.15, 0.2) is 30.3 Å². The number of benzene rings is 1. The normalized spacial score (nSPS) is 30.5. The van der Waals surface area contributed by atoms with Gasteiger partial charge in [-0.15, -0.1) is 0 Å². The average Bonchev–Trinajstić information content (AvgIpc) is 2.91. The molecule has 1 aromatic heterocycles. The van der Waals surface area contributed by atoms with Crippen molar-refractivity contribution in [2.24, 2.45) is 5.92 Å². The van der Waals surface area contributed by atoms with E-state index in [4.69, 9.17) is 0 Å². The maximum atomic E-state index is 4.56. The molecule has 0 unspecified atom stereocenters. The summed E-state index contributed by atoms with van der Waals surface area (Å²) in [6.07, 6.45) is 1.37. The second kappa shape index (κ2) is 3.08. The monoisotopic (exact) mass is 224 g/mol. The highest BCUT2D eigenvalue weighted by atomic mass is 15.0. The van der Waals surface area contributed by atoms with E-state index in [1.807, 2.05) is 6.92 Å². The van der Waals surface area contributed by atoms with Crippen LogP contribution in [-0.2, 0) is 5.41 Å². The van der Waals surface area contributed by atoms with Crippen molar-refractivity contribution >= 4 is 10.9 Å². The van der Waals surface area contributed by atoms with Gasteiger partial charge in [0.1, 0.15) is 0 Å². The first kappa shape index (κ1) is 9.60. The quantitative estimate of drug-likeness (QED) is 0.804. The third-order valence-corrected chi connectivity index (χ3v) is 4.47. The van der Waals surface area contributed by atoms with Crippen LogP contribution in [0.3, 0.4) is 0 Å². The van der Waals surface area contributed by atoms with Gasteiger partial charge in [-0.1, -0.05) is 12.1 Å². The molecule has 4 rings (SSSR count). The molecular formula is C15H16N2. The lowest BCUT2D eigenvalue weighted by atomic mass is 9.94. The van der Waals surface area contributed by atoms with Crippen molar-refractivity contribution in [2.75, 3.05) is 13.1 Å². The minimum absolute atomic E-state index is 0.457. The molecule has 1 aromatic carbocycles.